The lowest BCUT2D eigenvalue weighted by atomic mass is 10.0. The number of aryl methyl sites for hydroxylation is 1. The van der Waals surface area contributed by atoms with Crippen molar-refractivity contribution in [2.75, 3.05) is 6.61 Å². The molecule has 0 aliphatic heterocycles. The lowest BCUT2D eigenvalue weighted by molar-refractivity contribution is -0.143. The molecule has 1 aliphatic rings. The highest BCUT2D eigenvalue weighted by Crippen LogP contribution is 2.22. The van der Waals surface area contributed by atoms with Gasteiger partial charge in [-0.15, -0.1) is 0 Å². The van der Waals surface area contributed by atoms with Gasteiger partial charge in [0.05, 0.1) is 0 Å². The summed E-state index contributed by atoms with van der Waals surface area (Å²) < 4.78 is 5.99. The first-order chi connectivity index (χ1) is 17.5. The van der Waals surface area contributed by atoms with Crippen LogP contribution in [0.25, 0.3) is 0 Å². The van der Waals surface area contributed by atoms with Crippen molar-refractivity contribution < 1.29 is 14.3 Å². The number of hydrogen-bond donors (Lipinski definition) is 1. The third-order valence-corrected chi connectivity index (χ3v) is 7.07. The molecule has 0 bridgehead atoms. The topological polar surface area (TPSA) is 58.6 Å². The summed E-state index contributed by atoms with van der Waals surface area (Å²) in [6, 6.07) is 25.1. The third kappa shape index (κ3) is 6.75. The average Bonchev–Trinajstić information content (AvgIpc) is 3.41. The molecule has 3 aromatic carbocycles. The Morgan fingerprint density at radius 2 is 1.53 bits per heavy atom. The van der Waals surface area contributed by atoms with E-state index in [4.69, 9.17) is 4.74 Å². The van der Waals surface area contributed by atoms with E-state index < -0.39 is 6.04 Å². The Labute approximate surface area is 214 Å². The van der Waals surface area contributed by atoms with E-state index in [9.17, 15) is 9.59 Å². The van der Waals surface area contributed by atoms with E-state index in [0.717, 1.165) is 47.9 Å². The molecule has 4 rings (SSSR count). The maximum absolute atomic E-state index is 13.7. The molecule has 188 valence electrons. The monoisotopic (exact) mass is 484 g/mol. The van der Waals surface area contributed by atoms with Crippen LogP contribution in [0, 0.1) is 13.8 Å². The molecule has 1 atom stereocenters. The van der Waals surface area contributed by atoms with Gasteiger partial charge >= 0.3 is 0 Å². The Balaban J connectivity index is 1.60. The lowest BCUT2D eigenvalue weighted by Gasteiger charge is -2.32. The smallest absolute Gasteiger partial charge is 0.261 e. The maximum Gasteiger partial charge on any atom is 0.261 e. The highest BCUT2D eigenvalue weighted by atomic mass is 16.5. The van der Waals surface area contributed by atoms with E-state index in [1.54, 1.807) is 4.90 Å². The van der Waals surface area contributed by atoms with Crippen LogP contribution in [0.15, 0.2) is 78.9 Å². The highest BCUT2D eigenvalue weighted by molar-refractivity contribution is 5.88. The number of ether oxygens (including phenoxy) is 1. The highest BCUT2D eigenvalue weighted by Gasteiger charge is 2.32. The lowest BCUT2D eigenvalue weighted by Crippen LogP contribution is -2.53. The minimum atomic E-state index is -0.636. The van der Waals surface area contributed by atoms with Crippen LogP contribution < -0.4 is 10.1 Å². The second kappa shape index (κ2) is 12.4. The van der Waals surface area contributed by atoms with E-state index in [1.807, 2.05) is 92.7 Å². The molecule has 1 fully saturated rings. The number of hydrogen-bond acceptors (Lipinski definition) is 3. The largest absolute Gasteiger partial charge is 0.483 e. The van der Waals surface area contributed by atoms with Crippen molar-refractivity contribution in [1.29, 1.82) is 0 Å². The number of nitrogens with one attached hydrogen (secondary N) is 1. The van der Waals surface area contributed by atoms with Crippen molar-refractivity contribution in [1.82, 2.24) is 10.2 Å². The molecule has 5 heteroatoms. The summed E-state index contributed by atoms with van der Waals surface area (Å²) in [5, 5.41) is 3.24. The predicted octanol–water partition coefficient (Wildman–Crippen LogP) is 5.38. The number of nitrogens with zero attached hydrogens (tertiary/aromatic N) is 1. The van der Waals surface area contributed by atoms with Crippen LogP contribution in [0.4, 0.5) is 0 Å². The molecule has 1 aliphatic carbocycles. The van der Waals surface area contributed by atoms with Crippen LogP contribution in [0.2, 0.25) is 0 Å². The van der Waals surface area contributed by atoms with E-state index in [1.165, 1.54) is 0 Å². The van der Waals surface area contributed by atoms with Gasteiger partial charge in [-0.1, -0.05) is 85.6 Å². The molecule has 0 radical (unpaired) electrons. The third-order valence-electron chi connectivity index (χ3n) is 7.07. The van der Waals surface area contributed by atoms with Gasteiger partial charge in [-0.2, -0.15) is 0 Å². The second-order valence-electron chi connectivity index (χ2n) is 9.69. The van der Waals surface area contributed by atoms with Gasteiger partial charge in [-0.05, 0) is 55.0 Å². The zero-order chi connectivity index (χ0) is 25.3. The molecular weight excluding hydrogens is 448 g/mol. The minimum Gasteiger partial charge on any atom is -0.483 e. The second-order valence-corrected chi connectivity index (χ2v) is 9.69. The fourth-order valence-corrected chi connectivity index (χ4v) is 4.80. The summed E-state index contributed by atoms with van der Waals surface area (Å²) in [6.45, 7) is 4.23. The summed E-state index contributed by atoms with van der Waals surface area (Å²) in [7, 11) is 0. The molecule has 1 unspecified atom stereocenters. The summed E-state index contributed by atoms with van der Waals surface area (Å²) in [5.41, 5.74) is 4.12. The summed E-state index contributed by atoms with van der Waals surface area (Å²) in [5.74, 6) is 0.391. The zero-order valence-corrected chi connectivity index (χ0v) is 21.3. The average molecular weight is 485 g/mol. The van der Waals surface area contributed by atoms with Crippen molar-refractivity contribution in [3.05, 3.63) is 101 Å². The Bertz CT molecular complexity index is 1140. The van der Waals surface area contributed by atoms with Crippen LogP contribution in [0.5, 0.6) is 5.75 Å². The first-order valence-corrected chi connectivity index (χ1v) is 12.9. The van der Waals surface area contributed by atoms with Crippen LogP contribution in [0.3, 0.4) is 0 Å². The fraction of sp³-hybridized carbons (Fsp3) is 0.355. The molecule has 36 heavy (non-hydrogen) atoms. The normalized spacial score (nSPS) is 14.3. The Hall–Kier alpha value is -3.60. The molecular formula is C31H36N2O3. The first-order valence-electron chi connectivity index (χ1n) is 12.9. The molecule has 5 nitrogen and oxygen atoms in total. The van der Waals surface area contributed by atoms with Crippen molar-refractivity contribution in [3.63, 3.8) is 0 Å². The molecule has 0 aromatic heterocycles. The number of carbonyl (C=O) groups is 2. The van der Waals surface area contributed by atoms with Gasteiger partial charge in [0.2, 0.25) is 5.91 Å². The summed E-state index contributed by atoms with van der Waals surface area (Å²) in [4.78, 5) is 29.1. The summed E-state index contributed by atoms with van der Waals surface area (Å²) >= 11 is 0. The van der Waals surface area contributed by atoms with Crippen molar-refractivity contribution >= 4 is 11.8 Å². The number of carbonyl (C=O) groups excluding carboxylic acids is 2. The quantitative estimate of drug-likeness (QED) is 0.420. The molecule has 2 amide bonds. The molecule has 0 spiro atoms. The van der Waals surface area contributed by atoms with Gasteiger partial charge in [0, 0.05) is 19.0 Å². The van der Waals surface area contributed by atoms with Gasteiger partial charge in [-0.25, -0.2) is 0 Å². The van der Waals surface area contributed by atoms with Crippen LogP contribution in [-0.2, 0) is 22.6 Å². The standard InChI is InChI=1S/C31H36N2O3/c1-23-12-11-19-29(24(23)2)36-22-30(34)33(21-26-15-7-4-8-16-26)28(20-25-13-5-3-6-14-25)31(35)32-27-17-9-10-18-27/h3-8,11-16,19,27-28H,9-10,17-18,20-22H2,1-2H3,(H,32,35). The number of amides is 2. The van der Waals surface area contributed by atoms with Crippen LogP contribution >= 0.6 is 0 Å². The Kier molecular flexibility index (Phi) is 8.77. The maximum atomic E-state index is 13.7. The van der Waals surface area contributed by atoms with Gasteiger partial charge in [0.25, 0.3) is 5.91 Å². The van der Waals surface area contributed by atoms with E-state index in [0.29, 0.717) is 18.7 Å². The van der Waals surface area contributed by atoms with Crippen molar-refractivity contribution in [3.8, 4) is 5.75 Å². The fourth-order valence-electron chi connectivity index (χ4n) is 4.80. The molecule has 0 saturated heterocycles. The number of rotatable bonds is 10. The first kappa shape index (κ1) is 25.5. The van der Waals surface area contributed by atoms with Gasteiger partial charge in [0.1, 0.15) is 11.8 Å². The Morgan fingerprint density at radius 3 is 2.19 bits per heavy atom. The van der Waals surface area contributed by atoms with E-state index in [2.05, 4.69) is 5.32 Å². The van der Waals surface area contributed by atoms with Gasteiger partial charge in [0.15, 0.2) is 6.61 Å². The van der Waals surface area contributed by atoms with Crippen molar-refractivity contribution in [2.24, 2.45) is 0 Å². The molecule has 1 N–H and O–H groups in total. The van der Waals surface area contributed by atoms with Crippen molar-refractivity contribution in [2.45, 2.75) is 64.6 Å². The Morgan fingerprint density at radius 1 is 0.889 bits per heavy atom. The van der Waals surface area contributed by atoms with Gasteiger partial charge < -0.3 is 15.0 Å². The van der Waals surface area contributed by atoms with Crippen LogP contribution in [0.1, 0.15) is 47.9 Å². The van der Waals surface area contributed by atoms with E-state index >= 15 is 0 Å². The molecule has 0 heterocycles. The molecule has 1 saturated carbocycles. The SMILES string of the molecule is Cc1cccc(OCC(=O)N(Cc2ccccc2)C(Cc2ccccc2)C(=O)NC2CCCC2)c1C. The number of benzene rings is 3. The summed E-state index contributed by atoms with van der Waals surface area (Å²) in [6.07, 6.45) is 4.69. The zero-order valence-electron chi connectivity index (χ0n) is 21.3. The van der Waals surface area contributed by atoms with Gasteiger partial charge in [-0.3, -0.25) is 9.59 Å². The predicted molar refractivity (Wildman–Crippen MR) is 143 cm³/mol. The minimum absolute atomic E-state index is 0.0956. The van der Waals surface area contributed by atoms with Crippen LogP contribution in [-0.4, -0.2) is 35.4 Å². The molecule has 3 aromatic rings. The van der Waals surface area contributed by atoms with E-state index in [-0.39, 0.29) is 24.5 Å².